The fourth-order valence-electron chi connectivity index (χ4n) is 3.18. The van der Waals surface area contributed by atoms with Gasteiger partial charge in [-0.3, -0.25) is 4.40 Å². The summed E-state index contributed by atoms with van der Waals surface area (Å²) in [5, 5.41) is 4.60. The van der Waals surface area contributed by atoms with Crippen molar-refractivity contribution in [3.8, 4) is 11.3 Å². The van der Waals surface area contributed by atoms with E-state index in [1.54, 1.807) is 6.07 Å². The maximum Gasteiger partial charge on any atom is 0.143 e. The molecule has 27 heavy (non-hydrogen) atoms. The first-order valence-electron chi connectivity index (χ1n) is 8.66. The molecule has 2 aromatic heterocycles. The van der Waals surface area contributed by atoms with Crippen molar-refractivity contribution in [2.45, 2.75) is 13.3 Å². The van der Waals surface area contributed by atoms with Gasteiger partial charge in [0.1, 0.15) is 17.2 Å². The lowest BCUT2D eigenvalue weighted by Crippen LogP contribution is -2.04. The fraction of sp³-hybridized carbons (Fsp3) is 0.0952. The van der Waals surface area contributed by atoms with Crippen molar-refractivity contribution in [2.75, 3.05) is 11.1 Å². The largest absolute Gasteiger partial charge is 0.397 e. The first kappa shape index (κ1) is 17.7. The highest BCUT2D eigenvalue weighted by atomic mass is 35.5. The van der Waals surface area contributed by atoms with E-state index in [-0.39, 0.29) is 0 Å². The number of nitrogen functional groups attached to an aromatic ring is 1. The van der Waals surface area contributed by atoms with Gasteiger partial charge >= 0.3 is 0 Å². The molecular formula is C21H18Cl2N4. The Morgan fingerprint density at radius 3 is 2.44 bits per heavy atom. The number of para-hydroxylation sites is 1. The molecule has 0 fully saturated rings. The van der Waals surface area contributed by atoms with Crippen molar-refractivity contribution < 1.29 is 0 Å². The van der Waals surface area contributed by atoms with Crippen LogP contribution in [0.1, 0.15) is 12.6 Å². The van der Waals surface area contributed by atoms with Gasteiger partial charge in [-0.25, -0.2) is 4.98 Å². The van der Waals surface area contributed by atoms with E-state index < -0.39 is 0 Å². The molecule has 0 amide bonds. The predicted molar refractivity (Wildman–Crippen MR) is 114 cm³/mol. The molecule has 0 atom stereocenters. The van der Waals surface area contributed by atoms with E-state index in [0.717, 1.165) is 34.8 Å². The average molecular weight is 397 g/mol. The molecule has 0 bridgehead atoms. The number of hydrogen-bond donors (Lipinski definition) is 2. The van der Waals surface area contributed by atoms with E-state index in [4.69, 9.17) is 33.9 Å². The molecule has 2 aromatic carbocycles. The Hall–Kier alpha value is -2.69. The Morgan fingerprint density at radius 1 is 0.963 bits per heavy atom. The smallest absolute Gasteiger partial charge is 0.143 e. The zero-order valence-corrected chi connectivity index (χ0v) is 16.2. The third-order valence-electron chi connectivity index (χ3n) is 4.50. The quantitative estimate of drug-likeness (QED) is 0.404. The van der Waals surface area contributed by atoms with Gasteiger partial charge in [0, 0.05) is 11.3 Å². The van der Waals surface area contributed by atoms with Crippen molar-refractivity contribution >= 4 is 46.0 Å². The molecule has 6 heteroatoms. The van der Waals surface area contributed by atoms with E-state index in [1.807, 2.05) is 48.5 Å². The van der Waals surface area contributed by atoms with Gasteiger partial charge in [-0.15, -0.1) is 0 Å². The van der Waals surface area contributed by atoms with Crippen LogP contribution in [0, 0.1) is 0 Å². The monoisotopic (exact) mass is 396 g/mol. The number of benzene rings is 2. The SMILES string of the molecule is CCc1cccc2nc(-c3ccccc3Cl)c(Nc3c(N)cccc3Cl)n12. The van der Waals surface area contributed by atoms with Crippen molar-refractivity contribution in [1.29, 1.82) is 0 Å². The lowest BCUT2D eigenvalue weighted by molar-refractivity contribution is 0.984. The van der Waals surface area contributed by atoms with E-state index in [1.165, 1.54) is 0 Å². The van der Waals surface area contributed by atoms with Crippen LogP contribution in [0.4, 0.5) is 17.2 Å². The molecule has 0 spiro atoms. The standard InChI is InChI=1S/C21H18Cl2N4/c1-2-13-7-5-12-18-25-19(14-8-3-4-9-15(14)22)21(27(13)18)26-20-16(23)10-6-11-17(20)24/h3-12,26H,2,24H2,1H3. The number of hydrogen-bond acceptors (Lipinski definition) is 3. The number of nitrogens with two attached hydrogens (primary N) is 1. The van der Waals surface area contributed by atoms with Crippen LogP contribution in [0.3, 0.4) is 0 Å². The summed E-state index contributed by atoms with van der Waals surface area (Å²) < 4.78 is 2.08. The molecule has 0 aliphatic heterocycles. The summed E-state index contributed by atoms with van der Waals surface area (Å²) in [5.41, 5.74) is 10.9. The molecule has 2 heterocycles. The number of pyridine rings is 1. The zero-order chi connectivity index (χ0) is 19.0. The molecular weight excluding hydrogens is 379 g/mol. The Labute approximate surface area is 167 Å². The van der Waals surface area contributed by atoms with Crippen LogP contribution >= 0.6 is 23.2 Å². The number of nitrogens with zero attached hydrogens (tertiary/aromatic N) is 2. The van der Waals surface area contributed by atoms with E-state index in [0.29, 0.717) is 21.4 Å². The number of halogens is 2. The first-order valence-corrected chi connectivity index (χ1v) is 9.42. The van der Waals surface area contributed by atoms with Gasteiger partial charge < -0.3 is 11.1 Å². The summed E-state index contributed by atoms with van der Waals surface area (Å²) >= 11 is 12.9. The Balaban J connectivity index is 2.02. The summed E-state index contributed by atoms with van der Waals surface area (Å²) in [6.07, 6.45) is 0.850. The van der Waals surface area contributed by atoms with Crippen LogP contribution in [0.5, 0.6) is 0 Å². The zero-order valence-electron chi connectivity index (χ0n) is 14.7. The highest BCUT2D eigenvalue weighted by Gasteiger charge is 2.19. The number of aromatic nitrogens is 2. The molecule has 0 aliphatic carbocycles. The van der Waals surface area contributed by atoms with E-state index >= 15 is 0 Å². The van der Waals surface area contributed by atoms with Gasteiger partial charge in [0.25, 0.3) is 0 Å². The van der Waals surface area contributed by atoms with E-state index in [2.05, 4.69) is 22.7 Å². The number of aryl methyl sites for hydroxylation is 1. The summed E-state index contributed by atoms with van der Waals surface area (Å²) in [4.78, 5) is 4.84. The van der Waals surface area contributed by atoms with Crippen LogP contribution in [0.15, 0.2) is 60.7 Å². The number of rotatable bonds is 4. The molecule has 4 aromatic rings. The predicted octanol–water partition coefficient (Wildman–Crippen LogP) is 6.20. The van der Waals surface area contributed by atoms with Crippen LogP contribution < -0.4 is 11.1 Å². The lowest BCUT2D eigenvalue weighted by atomic mass is 10.1. The molecule has 0 saturated heterocycles. The van der Waals surface area contributed by atoms with Crippen molar-refractivity contribution in [1.82, 2.24) is 9.38 Å². The summed E-state index contributed by atoms with van der Waals surface area (Å²) in [5.74, 6) is 0.787. The van der Waals surface area contributed by atoms with Gasteiger partial charge in [0.2, 0.25) is 0 Å². The summed E-state index contributed by atoms with van der Waals surface area (Å²) in [6, 6.07) is 19.2. The third kappa shape index (κ3) is 3.11. The van der Waals surface area contributed by atoms with Crippen LogP contribution in [0.2, 0.25) is 10.0 Å². The fourth-order valence-corrected chi connectivity index (χ4v) is 3.64. The van der Waals surface area contributed by atoms with Crippen molar-refractivity contribution in [2.24, 2.45) is 0 Å². The first-order chi connectivity index (χ1) is 13.1. The molecule has 4 nitrogen and oxygen atoms in total. The van der Waals surface area contributed by atoms with Gasteiger partial charge in [-0.2, -0.15) is 0 Å². The second-order valence-electron chi connectivity index (χ2n) is 6.18. The topological polar surface area (TPSA) is 55.3 Å². The minimum atomic E-state index is 0.545. The lowest BCUT2D eigenvalue weighted by Gasteiger charge is -2.14. The number of anilines is 3. The maximum atomic E-state index is 6.47. The van der Waals surface area contributed by atoms with Crippen LogP contribution in [0.25, 0.3) is 16.9 Å². The Bertz CT molecular complexity index is 1110. The Kier molecular flexibility index (Phi) is 4.68. The highest BCUT2D eigenvalue weighted by Crippen LogP contribution is 2.38. The summed E-state index contributed by atoms with van der Waals surface area (Å²) in [7, 11) is 0. The van der Waals surface area contributed by atoms with Gasteiger partial charge in [-0.05, 0) is 36.8 Å². The summed E-state index contributed by atoms with van der Waals surface area (Å²) in [6.45, 7) is 2.11. The molecule has 4 rings (SSSR count). The van der Waals surface area contributed by atoms with Crippen LogP contribution in [-0.4, -0.2) is 9.38 Å². The third-order valence-corrected chi connectivity index (χ3v) is 5.15. The number of nitrogens with one attached hydrogen (secondary N) is 1. The van der Waals surface area contributed by atoms with Crippen LogP contribution in [-0.2, 0) is 6.42 Å². The Morgan fingerprint density at radius 2 is 1.70 bits per heavy atom. The molecule has 0 unspecified atom stereocenters. The average Bonchev–Trinajstić information content (AvgIpc) is 3.03. The molecule has 0 radical (unpaired) electrons. The molecule has 3 N–H and O–H groups in total. The molecule has 136 valence electrons. The normalized spacial score (nSPS) is 11.1. The molecule has 0 saturated carbocycles. The molecule has 0 aliphatic rings. The van der Waals surface area contributed by atoms with Gasteiger partial charge in [-0.1, -0.05) is 60.5 Å². The number of imidazole rings is 1. The number of fused-ring (bicyclic) bond motifs is 1. The second kappa shape index (κ2) is 7.14. The maximum absolute atomic E-state index is 6.47. The second-order valence-corrected chi connectivity index (χ2v) is 7.00. The minimum Gasteiger partial charge on any atom is -0.397 e. The van der Waals surface area contributed by atoms with Crippen molar-refractivity contribution in [3.05, 3.63) is 76.4 Å². The minimum absolute atomic E-state index is 0.545. The van der Waals surface area contributed by atoms with E-state index in [9.17, 15) is 0 Å². The van der Waals surface area contributed by atoms with Crippen molar-refractivity contribution in [3.63, 3.8) is 0 Å². The van der Waals surface area contributed by atoms with Gasteiger partial charge in [0.05, 0.1) is 21.4 Å². The highest BCUT2D eigenvalue weighted by molar-refractivity contribution is 6.34. The van der Waals surface area contributed by atoms with Gasteiger partial charge in [0.15, 0.2) is 0 Å².